The predicted octanol–water partition coefficient (Wildman–Crippen LogP) is -2.21. The van der Waals surface area contributed by atoms with Gasteiger partial charge in [-0.15, -0.1) is 0 Å². The molecule has 0 amide bonds. The fourth-order valence-corrected chi connectivity index (χ4v) is 2.29. The summed E-state index contributed by atoms with van der Waals surface area (Å²) in [6.45, 7) is -0.397. The number of hydrogen-bond donors (Lipinski definition) is 6. The molecule has 0 spiro atoms. The van der Waals surface area contributed by atoms with Crippen LogP contribution in [-0.4, -0.2) is 60.4 Å². The smallest absolute Gasteiger partial charge is 0.171 e. The SMILES string of the molecule is NNc1ncnc2c([C@@H]3O[C@H](CO)[C@@H](O)[C@H]3O)[nH]nc12. The van der Waals surface area contributed by atoms with Crippen molar-refractivity contribution in [2.24, 2.45) is 5.84 Å². The lowest BCUT2D eigenvalue weighted by Gasteiger charge is -2.12. The summed E-state index contributed by atoms with van der Waals surface area (Å²) in [5, 5.41) is 35.6. The van der Waals surface area contributed by atoms with E-state index >= 15 is 0 Å². The van der Waals surface area contributed by atoms with Gasteiger partial charge in [-0.1, -0.05) is 0 Å². The van der Waals surface area contributed by atoms with Crippen LogP contribution in [-0.2, 0) is 4.74 Å². The summed E-state index contributed by atoms with van der Waals surface area (Å²) in [7, 11) is 0. The van der Waals surface area contributed by atoms with Gasteiger partial charge in [0.05, 0.1) is 12.3 Å². The molecule has 1 fully saturated rings. The second-order valence-corrected chi connectivity index (χ2v) is 4.46. The fraction of sp³-hybridized carbons (Fsp3) is 0.500. The first kappa shape index (κ1) is 13.1. The maximum atomic E-state index is 10.00. The molecule has 108 valence electrons. The van der Waals surface area contributed by atoms with Gasteiger partial charge in [0.2, 0.25) is 0 Å². The fourth-order valence-electron chi connectivity index (χ4n) is 2.29. The zero-order chi connectivity index (χ0) is 14.3. The summed E-state index contributed by atoms with van der Waals surface area (Å²) in [5.74, 6) is 5.65. The van der Waals surface area contributed by atoms with Crippen LogP contribution in [0.25, 0.3) is 11.0 Å². The molecule has 0 saturated carbocycles. The minimum atomic E-state index is -1.19. The van der Waals surface area contributed by atoms with Crippen LogP contribution in [0.15, 0.2) is 6.33 Å². The number of nitrogen functional groups attached to an aromatic ring is 1. The molecule has 2 aromatic heterocycles. The van der Waals surface area contributed by atoms with Crippen molar-refractivity contribution in [3.8, 4) is 0 Å². The highest BCUT2D eigenvalue weighted by atomic mass is 16.6. The molecule has 1 aliphatic heterocycles. The van der Waals surface area contributed by atoms with Crippen molar-refractivity contribution in [3.63, 3.8) is 0 Å². The molecule has 1 aliphatic rings. The van der Waals surface area contributed by atoms with Crippen molar-refractivity contribution >= 4 is 16.9 Å². The van der Waals surface area contributed by atoms with E-state index in [4.69, 9.17) is 15.7 Å². The van der Waals surface area contributed by atoms with Crippen molar-refractivity contribution in [2.75, 3.05) is 12.0 Å². The Morgan fingerprint density at radius 1 is 1.30 bits per heavy atom. The van der Waals surface area contributed by atoms with Crippen molar-refractivity contribution in [2.45, 2.75) is 24.4 Å². The monoisotopic (exact) mass is 282 g/mol. The Balaban J connectivity index is 2.03. The summed E-state index contributed by atoms with van der Waals surface area (Å²) < 4.78 is 5.43. The number of nitrogens with zero attached hydrogens (tertiary/aromatic N) is 3. The molecule has 10 nitrogen and oxygen atoms in total. The van der Waals surface area contributed by atoms with Gasteiger partial charge in [0.15, 0.2) is 11.3 Å². The molecule has 2 aromatic rings. The highest BCUT2D eigenvalue weighted by Gasteiger charge is 2.44. The largest absolute Gasteiger partial charge is 0.394 e. The van der Waals surface area contributed by atoms with Crippen LogP contribution in [0.1, 0.15) is 11.8 Å². The van der Waals surface area contributed by atoms with Gasteiger partial charge in [-0.3, -0.25) is 5.10 Å². The minimum absolute atomic E-state index is 0.323. The van der Waals surface area contributed by atoms with Gasteiger partial charge >= 0.3 is 0 Å². The third kappa shape index (κ3) is 1.82. The number of rotatable bonds is 3. The van der Waals surface area contributed by atoms with E-state index in [0.29, 0.717) is 22.5 Å². The van der Waals surface area contributed by atoms with Crippen LogP contribution in [0.5, 0.6) is 0 Å². The molecule has 7 N–H and O–H groups in total. The van der Waals surface area contributed by atoms with Gasteiger partial charge in [-0.05, 0) is 0 Å². The molecular formula is C10H14N6O4. The molecule has 3 heterocycles. The molecule has 20 heavy (non-hydrogen) atoms. The van der Waals surface area contributed by atoms with Crippen LogP contribution < -0.4 is 11.3 Å². The molecule has 3 rings (SSSR count). The number of H-pyrrole nitrogens is 1. The van der Waals surface area contributed by atoms with E-state index in [9.17, 15) is 10.2 Å². The number of nitrogens with one attached hydrogen (secondary N) is 2. The van der Waals surface area contributed by atoms with E-state index in [-0.39, 0.29) is 0 Å². The van der Waals surface area contributed by atoms with Gasteiger partial charge in [-0.2, -0.15) is 5.10 Å². The van der Waals surface area contributed by atoms with E-state index in [1.165, 1.54) is 6.33 Å². The van der Waals surface area contributed by atoms with Crippen molar-refractivity contribution in [1.82, 2.24) is 20.2 Å². The third-order valence-electron chi connectivity index (χ3n) is 3.33. The first-order valence-electron chi connectivity index (χ1n) is 5.95. The van der Waals surface area contributed by atoms with Crippen LogP contribution in [0, 0.1) is 0 Å². The number of aromatic amines is 1. The van der Waals surface area contributed by atoms with Crippen LogP contribution in [0.3, 0.4) is 0 Å². The normalized spacial score (nSPS) is 30.0. The van der Waals surface area contributed by atoms with E-state index in [1.54, 1.807) is 0 Å². The molecule has 10 heteroatoms. The maximum Gasteiger partial charge on any atom is 0.171 e. The molecule has 0 aliphatic carbocycles. The molecule has 1 saturated heterocycles. The lowest BCUT2D eigenvalue weighted by atomic mass is 10.1. The first-order chi connectivity index (χ1) is 9.67. The number of aromatic nitrogens is 4. The average Bonchev–Trinajstić information content (AvgIpc) is 3.01. The molecule has 0 bridgehead atoms. The second kappa shape index (κ2) is 4.92. The minimum Gasteiger partial charge on any atom is -0.394 e. The van der Waals surface area contributed by atoms with Crippen molar-refractivity contribution in [3.05, 3.63) is 12.0 Å². The molecule has 4 atom stereocenters. The highest BCUT2D eigenvalue weighted by Crippen LogP contribution is 2.35. The van der Waals surface area contributed by atoms with E-state index in [2.05, 4.69) is 25.6 Å². The lowest BCUT2D eigenvalue weighted by molar-refractivity contribution is -0.0236. The number of ether oxygens (including phenoxy) is 1. The maximum absolute atomic E-state index is 10.00. The van der Waals surface area contributed by atoms with Crippen molar-refractivity contribution < 1.29 is 20.1 Å². The average molecular weight is 282 g/mol. The summed E-state index contributed by atoms with van der Waals surface area (Å²) in [6.07, 6.45) is -2.81. The topological polar surface area (TPSA) is 162 Å². The molecular weight excluding hydrogens is 268 g/mol. The number of aliphatic hydroxyl groups excluding tert-OH is 3. The number of anilines is 1. The van der Waals surface area contributed by atoms with Gasteiger partial charge in [0, 0.05) is 0 Å². The number of hydrazine groups is 1. The van der Waals surface area contributed by atoms with Gasteiger partial charge in [0.1, 0.15) is 36.3 Å². The van der Waals surface area contributed by atoms with E-state index in [1.807, 2.05) is 0 Å². The zero-order valence-electron chi connectivity index (χ0n) is 10.3. The molecule has 0 aromatic carbocycles. The number of hydrogen-bond acceptors (Lipinski definition) is 9. The Kier molecular flexibility index (Phi) is 3.23. The zero-order valence-corrected chi connectivity index (χ0v) is 10.3. The first-order valence-corrected chi connectivity index (χ1v) is 5.95. The number of nitrogens with two attached hydrogens (primary N) is 1. The van der Waals surface area contributed by atoms with Crippen LogP contribution in [0.4, 0.5) is 5.82 Å². The van der Waals surface area contributed by atoms with Crippen LogP contribution in [0.2, 0.25) is 0 Å². The highest BCUT2D eigenvalue weighted by molar-refractivity contribution is 5.86. The Bertz CT molecular complexity index is 619. The predicted molar refractivity (Wildman–Crippen MR) is 66.2 cm³/mol. The second-order valence-electron chi connectivity index (χ2n) is 4.46. The summed E-state index contributed by atoms with van der Waals surface area (Å²) in [5.41, 5.74) is 3.59. The third-order valence-corrected chi connectivity index (χ3v) is 3.33. The standard InChI is InChI=1S/C10H14N6O4/c11-14-10-6-4(12-2-13-10)5(15-16-6)9-8(19)7(18)3(1-17)20-9/h2-3,7-9,17-19H,1,11H2,(H,15,16)(H,12,13,14)/t3-,7-,8-,9+/m1/s1. The number of aliphatic hydroxyl groups is 3. The number of fused-ring (bicyclic) bond motifs is 1. The quantitative estimate of drug-likeness (QED) is 0.270. The summed E-state index contributed by atoms with van der Waals surface area (Å²) >= 11 is 0. The molecule has 0 unspecified atom stereocenters. The molecule has 0 radical (unpaired) electrons. The van der Waals surface area contributed by atoms with E-state index < -0.39 is 31.0 Å². The Morgan fingerprint density at radius 3 is 2.75 bits per heavy atom. The Labute approximate surface area is 112 Å². The Morgan fingerprint density at radius 2 is 2.10 bits per heavy atom. The lowest BCUT2D eigenvalue weighted by Crippen LogP contribution is -2.32. The van der Waals surface area contributed by atoms with Gasteiger partial charge in [-0.25, -0.2) is 15.8 Å². The van der Waals surface area contributed by atoms with Crippen LogP contribution >= 0.6 is 0 Å². The Hall–Kier alpha value is -1.85. The summed E-state index contributed by atoms with van der Waals surface area (Å²) in [6, 6.07) is 0. The van der Waals surface area contributed by atoms with Crippen molar-refractivity contribution in [1.29, 1.82) is 0 Å². The van der Waals surface area contributed by atoms with E-state index in [0.717, 1.165) is 0 Å². The van der Waals surface area contributed by atoms with Gasteiger partial charge in [0.25, 0.3) is 0 Å². The summed E-state index contributed by atoms with van der Waals surface area (Å²) in [4.78, 5) is 7.98. The van der Waals surface area contributed by atoms with Gasteiger partial charge < -0.3 is 25.5 Å².